The van der Waals surface area contributed by atoms with Crippen LogP contribution >= 0.6 is 0 Å². The molecule has 0 heterocycles. The van der Waals surface area contributed by atoms with Crippen LogP contribution in [-0.4, -0.2) is 24.3 Å². The number of benzene rings is 2. The molecule has 0 fully saturated rings. The monoisotopic (exact) mass is 345 g/mol. The van der Waals surface area contributed by atoms with E-state index in [4.69, 9.17) is 14.2 Å². The number of methoxy groups -OCH3 is 1. The fraction of sp³-hybridized carbons (Fsp3) is 0.176. The van der Waals surface area contributed by atoms with E-state index < -0.39 is 10.9 Å². The molecule has 0 aliphatic rings. The van der Waals surface area contributed by atoms with Crippen molar-refractivity contribution >= 4 is 17.9 Å². The Kier molecular flexibility index (Phi) is 5.67. The Morgan fingerprint density at radius 1 is 1.20 bits per heavy atom. The van der Waals surface area contributed by atoms with Crippen LogP contribution in [0.3, 0.4) is 0 Å². The highest BCUT2D eigenvalue weighted by Gasteiger charge is 2.18. The van der Waals surface area contributed by atoms with Crippen LogP contribution in [0.2, 0.25) is 0 Å². The van der Waals surface area contributed by atoms with Crippen molar-refractivity contribution < 1.29 is 28.7 Å². The van der Waals surface area contributed by atoms with Crippen molar-refractivity contribution in [1.82, 2.24) is 0 Å². The van der Waals surface area contributed by atoms with E-state index in [0.29, 0.717) is 6.29 Å². The lowest BCUT2D eigenvalue weighted by Crippen LogP contribution is -2.07. The molecule has 8 heteroatoms. The van der Waals surface area contributed by atoms with Crippen molar-refractivity contribution in [1.29, 1.82) is 0 Å². The molecule has 0 amide bonds. The van der Waals surface area contributed by atoms with Gasteiger partial charge in [-0.25, -0.2) is 0 Å². The van der Waals surface area contributed by atoms with Crippen molar-refractivity contribution in [2.75, 3.05) is 7.11 Å². The number of esters is 1. The fourth-order valence-corrected chi connectivity index (χ4v) is 1.98. The Balaban J connectivity index is 2.47. The number of hydrogen-bond donors (Lipinski definition) is 0. The summed E-state index contributed by atoms with van der Waals surface area (Å²) in [6, 6.07) is 8.30. The number of hydrogen-bond acceptors (Lipinski definition) is 7. The third-order valence-corrected chi connectivity index (χ3v) is 3.22. The summed E-state index contributed by atoms with van der Waals surface area (Å²) in [4.78, 5) is 33.0. The summed E-state index contributed by atoms with van der Waals surface area (Å²) < 4.78 is 16.1. The minimum absolute atomic E-state index is 0.0205. The highest BCUT2D eigenvalue weighted by molar-refractivity contribution is 5.81. The zero-order valence-corrected chi connectivity index (χ0v) is 13.6. The molecule has 0 spiro atoms. The van der Waals surface area contributed by atoms with Crippen LogP contribution < -0.4 is 14.2 Å². The Hall–Kier alpha value is -3.42. The molecule has 2 rings (SSSR count). The maximum absolute atomic E-state index is 11.6. The predicted octanol–water partition coefficient (Wildman–Crippen LogP) is 3.52. The molecule has 0 bridgehead atoms. The smallest absolute Gasteiger partial charge is 0.311 e. The van der Waals surface area contributed by atoms with Crippen LogP contribution in [0.1, 0.15) is 23.7 Å². The molecule has 0 radical (unpaired) electrons. The van der Waals surface area contributed by atoms with Gasteiger partial charge in [-0.15, -0.1) is 0 Å². The third-order valence-electron chi connectivity index (χ3n) is 3.22. The number of rotatable bonds is 7. The number of carbonyl (C=O) groups excluding carboxylic acids is 2. The highest BCUT2D eigenvalue weighted by Crippen LogP contribution is 2.41. The zero-order chi connectivity index (χ0) is 18.4. The Morgan fingerprint density at radius 2 is 1.92 bits per heavy atom. The zero-order valence-electron chi connectivity index (χ0n) is 13.6. The molecule has 25 heavy (non-hydrogen) atoms. The number of para-hydroxylation sites is 1. The molecule has 0 saturated carbocycles. The van der Waals surface area contributed by atoms with E-state index >= 15 is 0 Å². The van der Waals surface area contributed by atoms with Gasteiger partial charge < -0.3 is 14.2 Å². The third kappa shape index (κ3) is 4.11. The van der Waals surface area contributed by atoms with Gasteiger partial charge in [-0.05, 0) is 18.2 Å². The fourth-order valence-electron chi connectivity index (χ4n) is 1.98. The van der Waals surface area contributed by atoms with Crippen molar-refractivity contribution in [3.05, 3.63) is 52.1 Å². The first-order chi connectivity index (χ1) is 12.0. The van der Waals surface area contributed by atoms with Gasteiger partial charge in [-0.2, -0.15) is 0 Å². The van der Waals surface area contributed by atoms with Crippen LogP contribution in [0.5, 0.6) is 23.0 Å². The molecule has 2 aromatic carbocycles. The number of ether oxygens (including phenoxy) is 3. The molecule has 0 N–H and O–H groups in total. The first-order valence-electron chi connectivity index (χ1n) is 7.29. The molecule has 0 aliphatic heterocycles. The van der Waals surface area contributed by atoms with Crippen molar-refractivity contribution in [2.45, 2.75) is 13.3 Å². The quantitative estimate of drug-likeness (QED) is 0.248. The average molecular weight is 345 g/mol. The topological polar surface area (TPSA) is 105 Å². The molecular weight excluding hydrogens is 330 g/mol. The number of non-ortho nitro benzene ring substituents is 1. The number of aldehydes is 1. The molecule has 0 unspecified atom stereocenters. The van der Waals surface area contributed by atoms with Crippen molar-refractivity contribution in [3.63, 3.8) is 0 Å². The summed E-state index contributed by atoms with van der Waals surface area (Å²) in [5, 5.41) is 10.8. The molecule has 0 aliphatic carbocycles. The Bertz CT molecular complexity index is 817. The second-order valence-electron chi connectivity index (χ2n) is 4.81. The molecule has 130 valence electrons. The van der Waals surface area contributed by atoms with Crippen LogP contribution in [0, 0.1) is 10.1 Å². The van der Waals surface area contributed by atoms with E-state index in [2.05, 4.69) is 0 Å². The summed E-state index contributed by atoms with van der Waals surface area (Å²) in [5.74, 6) is 0.0677. The van der Waals surface area contributed by atoms with Crippen LogP contribution in [0.25, 0.3) is 0 Å². The maximum atomic E-state index is 11.6. The lowest BCUT2D eigenvalue weighted by atomic mass is 10.2. The number of carbonyl (C=O) groups is 2. The maximum Gasteiger partial charge on any atom is 0.311 e. The number of nitrogens with zero attached hydrogens (tertiary/aromatic N) is 1. The molecule has 8 nitrogen and oxygen atoms in total. The van der Waals surface area contributed by atoms with E-state index in [-0.39, 0.29) is 40.7 Å². The van der Waals surface area contributed by atoms with Crippen LogP contribution in [0.4, 0.5) is 5.69 Å². The standard InChI is InChI=1S/C17H15NO7/c1-3-16(20)24-15-6-4-5-14(23-2)17(15)25-13-8-7-12(18(21)22)9-11(13)10-19/h4-10H,3H2,1-2H3. The Morgan fingerprint density at radius 3 is 2.52 bits per heavy atom. The second kappa shape index (κ2) is 7.91. The summed E-state index contributed by atoms with van der Waals surface area (Å²) in [7, 11) is 1.41. The van der Waals surface area contributed by atoms with E-state index in [0.717, 1.165) is 6.07 Å². The largest absolute Gasteiger partial charge is 0.493 e. The minimum atomic E-state index is -0.617. The van der Waals surface area contributed by atoms with E-state index in [1.807, 2.05) is 0 Å². The molecule has 0 aromatic heterocycles. The molecule has 0 atom stereocenters. The van der Waals surface area contributed by atoms with Crippen LogP contribution in [0.15, 0.2) is 36.4 Å². The summed E-state index contributed by atoms with van der Waals surface area (Å²) in [6.45, 7) is 1.64. The predicted molar refractivity (Wildman–Crippen MR) is 87.5 cm³/mol. The molecule has 2 aromatic rings. The average Bonchev–Trinajstić information content (AvgIpc) is 2.62. The van der Waals surface area contributed by atoms with Crippen molar-refractivity contribution in [3.8, 4) is 23.0 Å². The first-order valence-corrected chi connectivity index (χ1v) is 7.29. The van der Waals surface area contributed by atoms with Gasteiger partial charge in [0.05, 0.1) is 17.6 Å². The SMILES string of the molecule is CCC(=O)Oc1cccc(OC)c1Oc1ccc([N+](=O)[O-])cc1C=O. The van der Waals surface area contributed by atoms with Gasteiger partial charge in [0.25, 0.3) is 5.69 Å². The Labute approximate surface area is 143 Å². The van der Waals surface area contributed by atoms with Gasteiger partial charge in [0, 0.05) is 18.6 Å². The van der Waals surface area contributed by atoms with Crippen LogP contribution in [-0.2, 0) is 4.79 Å². The number of nitro benzene ring substituents is 1. The lowest BCUT2D eigenvalue weighted by molar-refractivity contribution is -0.384. The minimum Gasteiger partial charge on any atom is -0.493 e. The highest BCUT2D eigenvalue weighted by atomic mass is 16.6. The molecule has 0 saturated heterocycles. The second-order valence-corrected chi connectivity index (χ2v) is 4.81. The lowest BCUT2D eigenvalue weighted by Gasteiger charge is -2.15. The van der Waals surface area contributed by atoms with E-state index in [1.165, 1.54) is 25.3 Å². The van der Waals surface area contributed by atoms with Gasteiger partial charge in [0.2, 0.25) is 5.75 Å². The van der Waals surface area contributed by atoms with Crippen molar-refractivity contribution in [2.24, 2.45) is 0 Å². The van der Waals surface area contributed by atoms with Gasteiger partial charge in [-0.3, -0.25) is 19.7 Å². The first kappa shape index (κ1) is 17.9. The van der Waals surface area contributed by atoms with Gasteiger partial charge in [-0.1, -0.05) is 13.0 Å². The molecular formula is C17H15NO7. The van der Waals surface area contributed by atoms with Gasteiger partial charge in [0.15, 0.2) is 17.8 Å². The van der Waals surface area contributed by atoms with E-state index in [1.54, 1.807) is 19.1 Å². The van der Waals surface area contributed by atoms with Gasteiger partial charge in [0.1, 0.15) is 5.75 Å². The summed E-state index contributed by atoms with van der Waals surface area (Å²) >= 11 is 0. The van der Waals surface area contributed by atoms with E-state index in [9.17, 15) is 19.7 Å². The summed E-state index contributed by atoms with van der Waals surface area (Å²) in [5.41, 5.74) is -0.264. The normalized spacial score (nSPS) is 10.0. The number of nitro groups is 1. The van der Waals surface area contributed by atoms with Gasteiger partial charge >= 0.3 is 5.97 Å². The summed E-state index contributed by atoms with van der Waals surface area (Å²) in [6.07, 6.45) is 0.600.